The van der Waals surface area contributed by atoms with E-state index < -0.39 is 15.9 Å². The van der Waals surface area contributed by atoms with Gasteiger partial charge in [-0.2, -0.15) is 0 Å². The van der Waals surface area contributed by atoms with Crippen molar-refractivity contribution in [2.45, 2.75) is 13.8 Å². The van der Waals surface area contributed by atoms with Crippen LogP contribution in [0.3, 0.4) is 0 Å². The van der Waals surface area contributed by atoms with Crippen LogP contribution < -0.4 is 4.72 Å². The average molecular weight is 293 g/mol. The normalized spacial score (nSPS) is 11.3. The second-order valence-electron chi connectivity index (χ2n) is 4.53. The standard InChI is InChI=1S/C13H15N3O3S/c1-9-6-7-10(2)16(9)12-11(5-4-8-14-12)13(17)15-20(3,18)19/h4-8H,1-3H3,(H,15,17). The molecule has 0 aliphatic heterocycles. The fourth-order valence-corrected chi connectivity index (χ4v) is 2.43. The lowest BCUT2D eigenvalue weighted by Gasteiger charge is -2.12. The fourth-order valence-electron chi connectivity index (χ4n) is 1.98. The number of aromatic nitrogens is 2. The summed E-state index contributed by atoms with van der Waals surface area (Å²) in [4.78, 5) is 16.3. The predicted octanol–water partition coefficient (Wildman–Crippen LogP) is 1.18. The monoisotopic (exact) mass is 293 g/mol. The number of pyridine rings is 1. The van der Waals surface area contributed by atoms with Gasteiger partial charge < -0.3 is 4.57 Å². The number of nitrogens with zero attached hydrogens (tertiary/aromatic N) is 2. The second-order valence-corrected chi connectivity index (χ2v) is 6.28. The quantitative estimate of drug-likeness (QED) is 0.921. The Labute approximate surface area is 117 Å². The minimum absolute atomic E-state index is 0.209. The van der Waals surface area contributed by atoms with Gasteiger partial charge in [-0.05, 0) is 38.1 Å². The molecule has 0 aliphatic carbocycles. The molecule has 106 valence electrons. The van der Waals surface area contributed by atoms with Gasteiger partial charge in [0, 0.05) is 17.6 Å². The summed E-state index contributed by atoms with van der Waals surface area (Å²) < 4.78 is 26.1. The largest absolute Gasteiger partial charge is 0.303 e. The Hall–Kier alpha value is -2.15. The number of carbonyl (C=O) groups is 1. The van der Waals surface area contributed by atoms with Crippen molar-refractivity contribution in [3.05, 3.63) is 47.4 Å². The fraction of sp³-hybridized carbons (Fsp3) is 0.231. The summed E-state index contributed by atoms with van der Waals surface area (Å²) in [5.74, 6) is -0.281. The Morgan fingerprint density at radius 3 is 2.35 bits per heavy atom. The van der Waals surface area contributed by atoms with Crippen LogP contribution in [0.15, 0.2) is 30.5 Å². The Bertz CT molecular complexity index is 743. The van der Waals surface area contributed by atoms with Crippen molar-refractivity contribution in [2.75, 3.05) is 6.26 Å². The van der Waals surface area contributed by atoms with Gasteiger partial charge in [0.2, 0.25) is 10.0 Å². The molecular formula is C13H15N3O3S. The lowest BCUT2D eigenvalue weighted by Crippen LogP contribution is -2.30. The van der Waals surface area contributed by atoms with Gasteiger partial charge in [0.25, 0.3) is 5.91 Å². The van der Waals surface area contributed by atoms with Crippen molar-refractivity contribution in [3.63, 3.8) is 0 Å². The first kappa shape index (κ1) is 14.3. The second kappa shape index (κ2) is 5.09. The molecule has 0 radical (unpaired) electrons. The van der Waals surface area contributed by atoms with Gasteiger partial charge in [-0.15, -0.1) is 0 Å². The van der Waals surface area contributed by atoms with E-state index in [2.05, 4.69) is 4.98 Å². The van der Waals surface area contributed by atoms with Crippen LogP contribution in [0.25, 0.3) is 5.82 Å². The van der Waals surface area contributed by atoms with Gasteiger partial charge in [0.1, 0.15) is 5.82 Å². The van der Waals surface area contributed by atoms with Gasteiger partial charge >= 0.3 is 0 Å². The summed E-state index contributed by atoms with van der Waals surface area (Å²) >= 11 is 0. The van der Waals surface area contributed by atoms with E-state index in [1.807, 2.05) is 30.7 Å². The third kappa shape index (κ3) is 2.88. The zero-order valence-corrected chi connectivity index (χ0v) is 12.2. The van der Waals surface area contributed by atoms with Crippen molar-refractivity contribution < 1.29 is 13.2 Å². The lowest BCUT2D eigenvalue weighted by atomic mass is 10.2. The molecule has 0 aromatic carbocycles. The van der Waals surface area contributed by atoms with Crippen molar-refractivity contribution in [1.82, 2.24) is 14.3 Å². The summed E-state index contributed by atoms with van der Waals surface area (Å²) in [6.07, 6.45) is 2.50. The van der Waals surface area contributed by atoms with Crippen molar-refractivity contribution in [3.8, 4) is 5.82 Å². The smallest absolute Gasteiger partial charge is 0.268 e. The highest BCUT2D eigenvalue weighted by molar-refractivity contribution is 7.89. The van der Waals surface area contributed by atoms with Crippen LogP contribution in [0.2, 0.25) is 0 Å². The third-order valence-electron chi connectivity index (χ3n) is 2.79. The molecule has 2 aromatic heterocycles. The van der Waals surface area contributed by atoms with Crippen LogP contribution in [0, 0.1) is 13.8 Å². The molecular weight excluding hydrogens is 278 g/mol. The average Bonchev–Trinajstić information content (AvgIpc) is 2.67. The molecule has 7 heteroatoms. The summed E-state index contributed by atoms with van der Waals surface area (Å²) in [7, 11) is -3.61. The minimum Gasteiger partial charge on any atom is -0.303 e. The Kier molecular flexibility index (Phi) is 3.63. The topological polar surface area (TPSA) is 81.1 Å². The lowest BCUT2D eigenvalue weighted by molar-refractivity contribution is 0.0981. The Balaban J connectivity index is 2.55. The molecule has 2 heterocycles. The van der Waals surface area contributed by atoms with Crippen molar-refractivity contribution in [2.24, 2.45) is 0 Å². The highest BCUT2D eigenvalue weighted by atomic mass is 32.2. The molecule has 20 heavy (non-hydrogen) atoms. The van der Waals surface area contributed by atoms with Gasteiger partial charge in [-0.1, -0.05) is 0 Å². The minimum atomic E-state index is -3.61. The molecule has 6 nitrogen and oxygen atoms in total. The number of carbonyl (C=O) groups excluding carboxylic acids is 1. The number of amides is 1. The molecule has 0 aliphatic rings. The number of sulfonamides is 1. The van der Waals surface area contributed by atoms with Crippen LogP contribution in [0.4, 0.5) is 0 Å². The van der Waals surface area contributed by atoms with E-state index in [0.717, 1.165) is 17.6 Å². The molecule has 0 bridgehead atoms. The molecule has 0 atom stereocenters. The maximum Gasteiger partial charge on any atom is 0.268 e. The molecule has 1 amide bonds. The summed E-state index contributed by atoms with van der Waals surface area (Å²) in [5.41, 5.74) is 2.03. The third-order valence-corrected chi connectivity index (χ3v) is 3.35. The van der Waals surface area contributed by atoms with E-state index in [9.17, 15) is 13.2 Å². The zero-order valence-electron chi connectivity index (χ0n) is 11.4. The van der Waals surface area contributed by atoms with Gasteiger partial charge in [-0.3, -0.25) is 4.79 Å². The van der Waals surface area contributed by atoms with E-state index >= 15 is 0 Å². The summed E-state index contributed by atoms with van der Waals surface area (Å²) in [5, 5.41) is 0. The van der Waals surface area contributed by atoms with Crippen LogP contribution >= 0.6 is 0 Å². The SMILES string of the molecule is Cc1ccc(C)n1-c1ncccc1C(=O)NS(C)(=O)=O. The molecule has 0 saturated heterocycles. The highest BCUT2D eigenvalue weighted by Crippen LogP contribution is 2.18. The molecule has 0 saturated carbocycles. The molecule has 1 N–H and O–H groups in total. The molecule has 2 aromatic rings. The van der Waals surface area contributed by atoms with Crippen molar-refractivity contribution in [1.29, 1.82) is 0 Å². The number of rotatable bonds is 3. The number of nitrogens with one attached hydrogen (secondary N) is 1. The highest BCUT2D eigenvalue weighted by Gasteiger charge is 2.18. The first-order chi connectivity index (χ1) is 9.29. The molecule has 2 rings (SSSR count). The summed E-state index contributed by atoms with van der Waals surface area (Å²) in [6, 6.07) is 6.95. The molecule has 0 fully saturated rings. The number of hydrogen-bond donors (Lipinski definition) is 1. The van der Waals surface area contributed by atoms with Crippen molar-refractivity contribution >= 4 is 15.9 Å². The maximum atomic E-state index is 12.1. The van der Waals surface area contributed by atoms with Crippen LogP contribution in [0.1, 0.15) is 21.7 Å². The van der Waals surface area contributed by atoms with Crippen LogP contribution in [-0.2, 0) is 10.0 Å². The van der Waals surface area contributed by atoms with Gasteiger partial charge in [0.05, 0.1) is 11.8 Å². The van der Waals surface area contributed by atoms with Crippen LogP contribution in [0.5, 0.6) is 0 Å². The van der Waals surface area contributed by atoms with E-state index in [-0.39, 0.29) is 5.56 Å². The number of hydrogen-bond acceptors (Lipinski definition) is 4. The van der Waals surface area contributed by atoms with Gasteiger partial charge in [0.15, 0.2) is 0 Å². The number of aryl methyl sites for hydroxylation is 2. The van der Waals surface area contributed by atoms with E-state index in [4.69, 9.17) is 0 Å². The first-order valence-electron chi connectivity index (χ1n) is 5.92. The van der Waals surface area contributed by atoms with E-state index in [0.29, 0.717) is 5.82 Å². The van der Waals surface area contributed by atoms with Gasteiger partial charge in [-0.25, -0.2) is 18.1 Å². The first-order valence-corrected chi connectivity index (χ1v) is 7.81. The zero-order chi connectivity index (χ0) is 14.9. The molecule has 0 spiro atoms. The molecule has 0 unspecified atom stereocenters. The maximum absolute atomic E-state index is 12.1. The summed E-state index contributed by atoms with van der Waals surface area (Å²) in [6.45, 7) is 3.78. The Morgan fingerprint density at radius 1 is 1.20 bits per heavy atom. The van der Waals surface area contributed by atoms with Crippen LogP contribution in [-0.4, -0.2) is 30.1 Å². The Morgan fingerprint density at radius 2 is 1.80 bits per heavy atom. The van der Waals surface area contributed by atoms with E-state index in [1.54, 1.807) is 22.9 Å². The van der Waals surface area contributed by atoms with E-state index in [1.165, 1.54) is 0 Å². The predicted molar refractivity (Wildman–Crippen MR) is 75.3 cm³/mol.